The van der Waals surface area contributed by atoms with Crippen LogP contribution in [0.15, 0.2) is 50.5 Å². The van der Waals surface area contributed by atoms with Gasteiger partial charge in [-0.2, -0.15) is 0 Å². The van der Waals surface area contributed by atoms with E-state index in [1.54, 1.807) is 19.2 Å². The van der Waals surface area contributed by atoms with Gasteiger partial charge in [0.15, 0.2) is 10.8 Å². The number of nitrogens with zero attached hydrogens (tertiary/aromatic N) is 3. The summed E-state index contributed by atoms with van der Waals surface area (Å²) in [5.41, 5.74) is 1.46. The van der Waals surface area contributed by atoms with Crippen LogP contribution in [0, 0.1) is 17.7 Å². The predicted molar refractivity (Wildman–Crippen MR) is 149 cm³/mol. The standard InChI is InChI=1S/C27H32BrFN4O5S/c1-14(2)23-20(11-15(3)26(34)35)33(8-9-38-23)13-19-21(27(36)37-4)22(17-6-5-16(29)12-18(17)28)32-24(31-19)25-30-7-10-39-25/h5-7,10,12,14-15,20,22-23H,8-9,11,13H2,1-4H3,(H,31,32)(H,34,35)/t15?,20-,22+,23-/m1/s1. The number of nitrogens with one attached hydrogen (secondary N) is 1. The fraction of sp³-hybridized carbons (Fsp3) is 0.481. The van der Waals surface area contributed by atoms with E-state index >= 15 is 0 Å². The van der Waals surface area contributed by atoms with E-state index in [9.17, 15) is 19.1 Å². The number of carbonyl (C=O) groups excluding carboxylic acids is 1. The number of halogens is 2. The number of methoxy groups -OCH3 is 1. The second-order valence-electron chi connectivity index (χ2n) is 9.98. The van der Waals surface area contributed by atoms with Gasteiger partial charge in [-0.05, 0) is 30.0 Å². The van der Waals surface area contributed by atoms with Crippen LogP contribution < -0.4 is 5.32 Å². The molecule has 4 rings (SSSR count). The van der Waals surface area contributed by atoms with Crippen LogP contribution >= 0.6 is 27.3 Å². The molecule has 0 bridgehead atoms. The summed E-state index contributed by atoms with van der Waals surface area (Å²) in [7, 11) is 1.31. The van der Waals surface area contributed by atoms with Gasteiger partial charge in [-0.1, -0.05) is 42.8 Å². The minimum Gasteiger partial charge on any atom is -0.481 e. The Morgan fingerprint density at radius 3 is 2.74 bits per heavy atom. The number of benzene rings is 1. The third-order valence-corrected chi connectivity index (χ3v) is 8.46. The molecule has 9 nitrogen and oxygen atoms in total. The predicted octanol–water partition coefficient (Wildman–Crippen LogP) is 4.40. The molecule has 0 spiro atoms. The lowest BCUT2D eigenvalue weighted by Crippen LogP contribution is -2.55. The molecule has 2 aliphatic heterocycles. The molecule has 0 aliphatic carbocycles. The molecule has 0 radical (unpaired) electrons. The Kier molecular flexibility index (Phi) is 9.52. The normalized spacial score (nSPS) is 22.8. The minimum absolute atomic E-state index is 0.155. The number of aliphatic carboxylic acids is 1. The SMILES string of the molecule is COC(=O)C1=C(CN2CCO[C@H](C(C)C)[C@H]2CC(C)C(=O)O)NC(c2nccs2)=N[C@H]1c1ccc(F)cc1Br. The minimum atomic E-state index is -0.868. The number of esters is 1. The first-order chi connectivity index (χ1) is 18.6. The summed E-state index contributed by atoms with van der Waals surface area (Å²) in [4.78, 5) is 36.4. The maximum absolute atomic E-state index is 14.0. The van der Waals surface area contributed by atoms with Crippen LogP contribution in [0.25, 0.3) is 0 Å². The Hall–Kier alpha value is -2.67. The van der Waals surface area contributed by atoms with Gasteiger partial charge < -0.3 is 19.9 Å². The summed E-state index contributed by atoms with van der Waals surface area (Å²) in [5.74, 6) is -1.79. The maximum atomic E-state index is 14.0. The van der Waals surface area contributed by atoms with Crippen LogP contribution in [0.5, 0.6) is 0 Å². The Morgan fingerprint density at radius 1 is 1.36 bits per heavy atom. The highest BCUT2D eigenvalue weighted by molar-refractivity contribution is 9.10. The second-order valence-corrected chi connectivity index (χ2v) is 11.7. The van der Waals surface area contributed by atoms with Gasteiger partial charge in [0.05, 0.1) is 31.3 Å². The average molecular weight is 624 g/mol. The zero-order valence-electron chi connectivity index (χ0n) is 22.2. The molecule has 39 heavy (non-hydrogen) atoms. The molecular formula is C27H32BrFN4O5S. The summed E-state index contributed by atoms with van der Waals surface area (Å²) in [5, 5.41) is 15.4. The molecule has 0 amide bonds. The molecule has 1 fully saturated rings. The quantitative estimate of drug-likeness (QED) is 0.396. The van der Waals surface area contributed by atoms with Crippen molar-refractivity contribution in [2.24, 2.45) is 16.8 Å². The fourth-order valence-corrected chi connectivity index (χ4v) is 6.20. The van der Waals surface area contributed by atoms with Crippen LogP contribution in [0.2, 0.25) is 0 Å². The van der Waals surface area contributed by atoms with E-state index in [0.717, 1.165) is 0 Å². The molecule has 2 N–H and O–H groups in total. The number of rotatable bonds is 9. The van der Waals surface area contributed by atoms with Gasteiger partial charge in [0, 0.05) is 40.9 Å². The van der Waals surface area contributed by atoms with E-state index in [4.69, 9.17) is 14.5 Å². The van der Waals surface area contributed by atoms with E-state index < -0.39 is 29.7 Å². The molecule has 4 atom stereocenters. The summed E-state index contributed by atoms with van der Waals surface area (Å²) >= 11 is 4.84. The first-order valence-corrected chi connectivity index (χ1v) is 14.4. The first kappa shape index (κ1) is 29.3. The maximum Gasteiger partial charge on any atom is 0.338 e. The van der Waals surface area contributed by atoms with Crippen LogP contribution in [-0.2, 0) is 19.1 Å². The van der Waals surface area contributed by atoms with Crippen LogP contribution in [0.4, 0.5) is 4.39 Å². The van der Waals surface area contributed by atoms with Crippen molar-refractivity contribution in [3.05, 3.63) is 61.9 Å². The van der Waals surface area contributed by atoms with Crippen LogP contribution in [-0.4, -0.2) is 71.7 Å². The van der Waals surface area contributed by atoms with Gasteiger partial charge in [0.2, 0.25) is 0 Å². The average Bonchev–Trinajstić information content (AvgIpc) is 3.44. The summed E-state index contributed by atoms with van der Waals surface area (Å²) < 4.78 is 25.8. The number of carbonyl (C=O) groups is 2. The molecule has 1 unspecified atom stereocenters. The second kappa shape index (κ2) is 12.7. The lowest BCUT2D eigenvalue weighted by Gasteiger charge is -2.44. The van der Waals surface area contributed by atoms with Crippen molar-refractivity contribution in [1.29, 1.82) is 0 Å². The lowest BCUT2D eigenvalue weighted by atomic mass is 9.89. The molecule has 1 saturated heterocycles. The highest BCUT2D eigenvalue weighted by atomic mass is 79.9. The summed E-state index contributed by atoms with van der Waals surface area (Å²) in [6, 6.07) is 3.27. The topological polar surface area (TPSA) is 113 Å². The van der Waals surface area contributed by atoms with Gasteiger partial charge in [-0.15, -0.1) is 11.3 Å². The van der Waals surface area contributed by atoms with Gasteiger partial charge >= 0.3 is 11.9 Å². The van der Waals surface area contributed by atoms with Crippen LogP contribution in [0.3, 0.4) is 0 Å². The molecule has 12 heteroatoms. The van der Waals surface area contributed by atoms with Gasteiger partial charge in [-0.25, -0.2) is 14.2 Å². The van der Waals surface area contributed by atoms with E-state index in [2.05, 4.69) is 45.0 Å². The van der Waals surface area contributed by atoms with Crippen molar-refractivity contribution in [3.8, 4) is 0 Å². The summed E-state index contributed by atoms with van der Waals surface area (Å²) in [6.07, 6.45) is 1.88. The largest absolute Gasteiger partial charge is 0.481 e. The number of carboxylic acid groups (broad SMARTS) is 1. The Bertz CT molecular complexity index is 1270. The van der Waals surface area contributed by atoms with Gasteiger partial charge in [0.25, 0.3) is 0 Å². The molecule has 2 aliphatic rings. The van der Waals surface area contributed by atoms with Crippen molar-refractivity contribution in [2.45, 2.75) is 45.4 Å². The van der Waals surface area contributed by atoms with Crippen LogP contribution in [0.1, 0.15) is 43.8 Å². The van der Waals surface area contributed by atoms with Crippen molar-refractivity contribution >= 4 is 45.0 Å². The Balaban J connectivity index is 1.81. The molecule has 0 saturated carbocycles. The third kappa shape index (κ3) is 6.56. The number of morpholine rings is 1. The highest BCUT2D eigenvalue weighted by Gasteiger charge is 2.39. The van der Waals surface area contributed by atoms with Gasteiger partial charge in [-0.3, -0.25) is 14.7 Å². The first-order valence-electron chi connectivity index (χ1n) is 12.7. The molecule has 210 valence electrons. The van der Waals surface area contributed by atoms with E-state index in [1.165, 1.54) is 30.6 Å². The molecule has 1 aromatic heterocycles. The third-order valence-electron chi connectivity index (χ3n) is 7.00. The van der Waals surface area contributed by atoms with Crippen molar-refractivity contribution < 1.29 is 28.6 Å². The number of carboxylic acids is 1. The number of amidine groups is 1. The number of thiazole rings is 1. The lowest BCUT2D eigenvalue weighted by molar-refractivity contribution is -0.144. The Morgan fingerprint density at radius 2 is 2.13 bits per heavy atom. The molecular weight excluding hydrogens is 591 g/mol. The zero-order chi connectivity index (χ0) is 28.3. The number of hydrogen-bond acceptors (Lipinski definition) is 9. The Labute approximate surface area is 239 Å². The smallest absolute Gasteiger partial charge is 0.338 e. The number of aromatic nitrogens is 1. The zero-order valence-corrected chi connectivity index (χ0v) is 24.6. The van der Waals surface area contributed by atoms with Crippen molar-refractivity contribution in [3.63, 3.8) is 0 Å². The fourth-order valence-electron chi connectivity index (χ4n) is 5.04. The number of hydrogen-bond donors (Lipinski definition) is 2. The summed E-state index contributed by atoms with van der Waals surface area (Å²) in [6.45, 7) is 7.13. The van der Waals surface area contributed by atoms with Gasteiger partial charge in [0.1, 0.15) is 11.9 Å². The van der Waals surface area contributed by atoms with Crippen molar-refractivity contribution in [2.75, 3.05) is 26.8 Å². The highest BCUT2D eigenvalue weighted by Crippen LogP contribution is 2.37. The molecule has 2 aromatic rings. The number of ether oxygens (including phenoxy) is 2. The van der Waals surface area contributed by atoms with E-state index in [1.807, 2.05) is 5.38 Å². The van der Waals surface area contributed by atoms with Crippen molar-refractivity contribution in [1.82, 2.24) is 15.2 Å². The number of aliphatic imine (C=N–C) groups is 1. The molecule has 1 aromatic carbocycles. The monoisotopic (exact) mass is 622 g/mol. The van der Waals surface area contributed by atoms with E-state index in [-0.39, 0.29) is 18.1 Å². The molecule has 3 heterocycles. The van der Waals surface area contributed by atoms with E-state index in [0.29, 0.717) is 58.3 Å².